The zero-order valence-corrected chi connectivity index (χ0v) is 12.8. The highest BCUT2D eigenvalue weighted by Gasteiger charge is 2.21. The van der Waals surface area contributed by atoms with Crippen molar-refractivity contribution in [3.63, 3.8) is 0 Å². The van der Waals surface area contributed by atoms with E-state index in [1.165, 1.54) is 0 Å². The smallest absolute Gasteiger partial charge is 0.340 e. The third-order valence-corrected chi connectivity index (χ3v) is 2.43. The minimum atomic E-state index is -1.47. The summed E-state index contributed by atoms with van der Waals surface area (Å²) >= 11 is 0. The zero-order chi connectivity index (χ0) is 16.8. The second-order valence-electron chi connectivity index (χ2n) is 5.67. The predicted molar refractivity (Wildman–Crippen MR) is 78.8 cm³/mol. The van der Waals surface area contributed by atoms with E-state index in [-0.39, 0.29) is 0 Å². The van der Waals surface area contributed by atoms with Crippen LogP contribution in [0.1, 0.15) is 32.4 Å². The van der Waals surface area contributed by atoms with E-state index in [2.05, 4.69) is 10.1 Å². The van der Waals surface area contributed by atoms with Crippen LogP contribution < -0.4 is 10.6 Å². The second-order valence-corrected chi connectivity index (χ2v) is 5.67. The topological polar surface area (TPSA) is 105 Å². The third kappa shape index (κ3) is 6.36. The van der Waals surface area contributed by atoms with Crippen molar-refractivity contribution < 1.29 is 24.2 Å². The summed E-state index contributed by atoms with van der Waals surface area (Å²) in [5.74, 6) is -1.74. The largest absolute Gasteiger partial charge is 0.453 e. The molecule has 3 N–H and O–H groups in total. The first kappa shape index (κ1) is 17.6. The van der Waals surface area contributed by atoms with Crippen LogP contribution in [-0.2, 0) is 14.3 Å². The number of carbonyl (C=O) groups is 3. The molecule has 0 radical (unpaired) electrons. The SMILES string of the molecule is CC(C)(C)NC(=O)NC(=O)COC(=O)[C@H](O)c1ccccc1. The molecule has 0 aliphatic carbocycles. The average Bonchev–Trinajstić information content (AvgIpc) is 2.42. The minimum Gasteiger partial charge on any atom is -0.453 e. The minimum absolute atomic E-state index is 0.360. The lowest BCUT2D eigenvalue weighted by molar-refractivity contribution is -0.157. The molecular weight excluding hydrogens is 288 g/mol. The summed E-state index contributed by atoms with van der Waals surface area (Å²) < 4.78 is 4.67. The standard InChI is InChI=1S/C15H20N2O5/c1-15(2,3)17-14(21)16-11(18)9-22-13(20)12(19)10-7-5-4-6-8-10/h4-8,12,19H,9H2,1-3H3,(H2,16,17,18,21)/t12-/m1/s1. The summed E-state index contributed by atoms with van der Waals surface area (Å²) in [6.07, 6.45) is -1.47. The van der Waals surface area contributed by atoms with E-state index >= 15 is 0 Å². The van der Waals surface area contributed by atoms with E-state index in [1.54, 1.807) is 51.1 Å². The molecule has 0 aliphatic heterocycles. The van der Waals surface area contributed by atoms with Crippen LogP contribution in [0, 0.1) is 0 Å². The number of carbonyl (C=O) groups excluding carboxylic acids is 3. The van der Waals surface area contributed by atoms with Gasteiger partial charge in [-0.2, -0.15) is 0 Å². The van der Waals surface area contributed by atoms with Crippen LogP contribution in [0.3, 0.4) is 0 Å². The van der Waals surface area contributed by atoms with Crippen molar-refractivity contribution in [1.82, 2.24) is 10.6 Å². The van der Waals surface area contributed by atoms with Crippen LogP contribution in [0.25, 0.3) is 0 Å². The molecule has 0 fully saturated rings. The Labute approximate surface area is 128 Å². The Hall–Kier alpha value is -2.41. The van der Waals surface area contributed by atoms with E-state index in [9.17, 15) is 19.5 Å². The van der Waals surface area contributed by atoms with Crippen molar-refractivity contribution in [2.45, 2.75) is 32.4 Å². The third-order valence-electron chi connectivity index (χ3n) is 2.43. The number of aliphatic hydroxyl groups is 1. The Morgan fingerprint density at radius 3 is 2.32 bits per heavy atom. The lowest BCUT2D eigenvalue weighted by Gasteiger charge is -2.20. The first-order valence-corrected chi connectivity index (χ1v) is 6.70. The Bertz CT molecular complexity index is 537. The van der Waals surface area contributed by atoms with Crippen molar-refractivity contribution in [2.75, 3.05) is 6.61 Å². The molecule has 1 aromatic rings. The summed E-state index contributed by atoms with van der Waals surface area (Å²) in [7, 11) is 0. The fourth-order valence-electron chi connectivity index (χ4n) is 1.52. The first-order chi connectivity index (χ1) is 10.2. The van der Waals surface area contributed by atoms with Crippen molar-refractivity contribution in [3.05, 3.63) is 35.9 Å². The molecule has 0 aromatic heterocycles. The highest BCUT2D eigenvalue weighted by atomic mass is 16.5. The number of ether oxygens (including phenoxy) is 1. The fourth-order valence-corrected chi connectivity index (χ4v) is 1.52. The number of esters is 1. The number of imide groups is 1. The highest BCUT2D eigenvalue weighted by Crippen LogP contribution is 2.13. The molecular formula is C15H20N2O5. The average molecular weight is 308 g/mol. The summed E-state index contributed by atoms with van der Waals surface area (Å²) in [4.78, 5) is 34.5. The molecule has 0 bridgehead atoms. The Morgan fingerprint density at radius 1 is 1.18 bits per heavy atom. The fraction of sp³-hybridized carbons (Fsp3) is 0.400. The van der Waals surface area contributed by atoms with Gasteiger partial charge in [0, 0.05) is 5.54 Å². The van der Waals surface area contributed by atoms with Gasteiger partial charge in [-0.3, -0.25) is 10.1 Å². The zero-order valence-electron chi connectivity index (χ0n) is 12.8. The Morgan fingerprint density at radius 2 is 1.77 bits per heavy atom. The molecule has 3 amide bonds. The maximum atomic E-state index is 11.6. The molecule has 0 spiro atoms. The maximum absolute atomic E-state index is 11.6. The maximum Gasteiger partial charge on any atom is 0.340 e. The van der Waals surface area contributed by atoms with E-state index in [0.29, 0.717) is 5.56 Å². The van der Waals surface area contributed by atoms with Gasteiger partial charge in [-0.05, 0) is 26.3 Å². The summed E-state index contributed by atoms with van der Waals surface area (Å²) in [6.45, 7) is 4.62. The van der Waals surface area contributed by atoms with Crippen LogP contribution in [0.4, 0.5) is 4.79 Å². The van der Waals surface area contributed by atoms with Crippen LogP contribution >= 0.6 is 0 Å². The Kier molecular flexibility index (Phi) is 6.06. The molecule has 0 heterocycles. The molecule has 1 atom stereocenters. The number of rotatable bonds is 4. The first-order valence-electron chi connectivity index (χ1n) is 6.70. The lowest BCUT2D eigenvalue weighted by Crippen LogP contribution is -2.49. The summed E-state index contributed by atoms with van der Waals surface area (Å²) in [5, 5.41) is 14.3. The van der Waals surface area contributed by atoms with Gasteiger partial charge in [0.05, 0.1) is 0 Å². The molecule has 0 saturated carbocycles. The quantitative estimate of drug-likeness (QED) is 0.716. The number of hydrogen-bond acceptors (Lipinski definition) is 5. The number of urea groups is 1. The Balaban J connectivity index is 2.41. The normalized spacial score (nSPS) is 12.2. The molecule has 7 nitrogen and oxygen atoms in total. The van der Waals surface area contributed by atoms with Gasteiger partial charge in [0.2, 0.25) is 0 Å². The molecule has 1 aromatic carbocycles. The van der Waals surface area contributed by atoms with E-state index < -0.39 is 36.2 Å². The van der Waals surface area contributed by atoms with Gasteiger partial charge < -0.3 is 15.2 Å². The van der Waals surface area contributed by atoms with Gasteiger partial charge in [0.25, 0.3) is 5.91 Å². The van der Waals surface area contributed by atoms with Gasteiger partial charge in [-0.1, -0.05) is 30.3 Å². The van der Waals surface area contributed by atoms with Crippen LogP contribution in [0.2, 0.25) is 0 Å². The monoisotopic (exact) mass is 308 g/mol. The van der Waals surface area contributed by atoms with Crippen LogP contribution in [0.5, 0.6) is 0 Å². The van der Waals surface area contributed by atoms with Gasteiger partial charge in [0.15, 0.2) is 12.7 Å². The van der Waals surface area contributed by atoms with Crippen molar-refractivity contribution >= 4 is 17.9 Å². The van der Waals surface area contributed by atoms with E-state index in [0.717, 1.165) is 0 Å². The number of benzene rings is 1. The van der Waals surface area contributed by atoms with Crippen molar-refractivity contribution in [3.8, 4) is 0 Å². The van der Waals surface area contributed by atoms with E-state index in [1.807, 2.05) is 5.32 Å². The summed E-state index contributed by atoms with van der Waals surface area (Å²) in [6, 6.07) is 7.50. The van der Waals surface area contributed by atoms with Crippen LogP contribution in [-0.4, -0.2) is 35.2 Å². The molecule has 0 saturated heterocycles. The van der Waals surface area contributed by atoms with E-state index in [4.69, 9.17) is 0 Å². The van der Waals surface area contributed by atoms with Gasteiger partial charge in [0.1, 0.15) is 0 Å². The van der Waals surface area contributed by atoms with Crippen LogP contribution in [0.15, 0.2) is 30.3 Å². The molecule has 1 rings (SSSR count). The highest BCUT2D eigenvalue weighted by molar-refractivity contribution is 5.95. The molecule has 7 heteroatoms. The van der Waals surface area contributed by atoms with Crippen molar-refractivity contribution in [2.24, 2.45) is 0 Å². The molecule has 120 valence electrons. The van der Waals surface area contributed by atoms with Gasteiger partial charge in [-0.25, -0.2) is 9.59 Å². The van der Waals surface area contributed by atoms with Gasteiger partial charge >= 0.3 is 12.0 Å². The molecule has 22 heavy (non-hydrogen) atoms. The number of hydrogen-bond donors (Lipinski definition) is 3. The predicted octanol–water partition coefficient (Wildman–Crippen LogP) is 0.887. The molecule has 0 aliphatic rings. The van der Waals surface area contributed by atoms with Crippen molar-refractivity contribution in [1.29, 1.82) is 0 Å². The summed E-state index contributed by atoms with van der Waals surface area (Å²) in [5.41, 5.74) is -0.136. The second kappa shape index (κ2) is 7.56. The lowest BCUT2D eigenvalue weighted by atomic mass is 10.1. The number of nitrogens with one attached hydrogen (secondary N) is 2. The number of aliphatic hydroxyl groups excluding tert-OH is 1. The van der Waals surface area contributed by atoms with Gasteiger partial charge in [-0.15, -0.1) is 0 Å². The number of amides is 3. The molecule has 0 unspecified atom stereocenters.